The predicted octanol–water partition coefficient (Wildman–Crippen LogP) is 2.56. The smallest absolute Gasteiger partial charge is 0.303 e. The minimum Gasteiger partial charge on any atom is -0.481 e. The Kier molecular flexibility index (Phi) is 11.4. The van der Waals surface area contributed by atoms with Crippen LogP contribution in [0, 0.1) is 0 Å². The molecule has 0 unspecified atom stereocenters. The van der Waals surface area contributed by atoms with Crippen LogP contribution in [0.1, 0.15) is 64.7 Å². The van der Waals surface area contributed by atoms with Crippen LogP contribution in [0.4, 0.5) is 0 Å². The molecule has 0 aromatic carbocycles. The van der Waals surface area contributed by atoms with Crippen LogP contribution in [-0.2, 0) is 9.53 Å². The van der Waals surface area contributed by atoms with Crippen molar-refractivity contribution in [3.8, 4) is 0 Å². The van der Waals surface area contributed by atoms with Crippen molar-refractivity contribution < 1.29 is 30.0 Å². The summed E-state index contributed by atoms with van der Waals surface area (Å²) < 4.78 is 5.76. The predicted molar refractivity (Wildman–Crippen MR) is 99.8 cm³/mol. The molecule has 4 N–H and O–H groups in total. The van der Waals surface area contributed by atoms with E-state index in [4.69, 9.17) is 9.84 Å². The molecule has 1 aliphatic rings. The summed E-state index contributed by atoms with van der Waals surface area (Å²) in [4.78, 5) is 10.4. The second-order valence-corrected chi connectivity index (χ2v) is 6.95. The number of aliphatic hydroxyl groups is 3. The number of unbranched alkanes of at least 4 members (excludes halogenated alkanes) is 3. The van der Waals surface area contributed by atoms with Crippen LogP contribution in [-0.4, -0.2) is 56.9 Å². The quantitative estimate of drug-likeness (QED) is 0.293. The van der Waals surface area contributed by atoms with Crippen molar-refractivity contribution in [3.63, 3.8) is 0 Å². The lowest BCUT2D eigenvalue weighted by molar-refractivity contribution is -0.137. The number of hydrogen-bond acceptors (Lipinski definition) is 5. The Morgan fingerprint density at radius 3 is 2.65 bits per heavy atom. The van der Waals surface area contributed by atoms with Crippen molar-refractivity contribution in [3.05, 3.63) is 24.3 Å². The van der Waals surface area contributed by atoms with E-state index in [0.717, 1.165) is 25.7 Å². The van der Waals surface area contributed by atoms with Crippen LogP contribution in [0.25, 0.3) is 0 Å². The van der Waals surface area contributed by atoms with Crippen LogP contribution in [0.5, 0.6) is 0 Å². The number of carbonyl (C=O) groups is 1. The number of hydrogen-bond donors (Lipinski definition) is 4. The maximum Gasteiger partial charge on any atom is 0.303 e. The van der Waals surface area contributed by atoms with Gasteiger partial charge in [-0.15, -0.1) is 0 Å². The zero-order valence-electron chi connectivity index (χ0n) is 15.7. The van der Waals surface area contributed by atoms with E-state index in [1.807, 2.05) is 12.2 Å². The van der Waals surface area contributed by atoms with Gasteiger partial charge in [0.15, 0.2) is 0 Å². The Bertz CT molecular complexity index is 448. The molecule has 0 saturated carbocycles. The maximum absolute atomic E-state index is 10.4. The third-order valence-electron chi connectivity index (χ3n) is 4.56. The average Bonchev–Trinajstić information content (AvgIpc) is 2.97. The van der Waals surface area contributed by atoms with E-state index in [1.54, 1.807) is 0 Å². The largest absolute Gasteiger partial charge is 0.481 e. The van der Waals surface area contributed by atoms with E-state index >= 15 is 0 Å². The van der Waals surface area contributed by atoms with Gasteiger partial charge in [-0.05, 0) is 25.7 Å². The van der Waals surface area contributed by atoms with Crippen LogP contribution in [0.2, 0.25) is 0 Å². The van der Waals surface area contributed by atoms with E-state index in [9.17, 15) is 20.1 Å². The van der Waals surface area contributed by atoms with Gasteiger partial charge in [0.2, 0.25) is 0 Å². The third kappa shape index (κ3) is 9.48. The minimum atomic E-state index is -0.852. The highest BCUT2D eigenvalue weighted by molar-refractivity contribution is 5.66. The molecule has 6 heteroatoms. The lowest BCUT2D eigenvalue weighted by atomic mass is 10.0. The minimum absolute atomic E-state index is 0.145. The fourth-order valence-corrected chi connectivity index (χ4v) is 3.01. The van der Waals surface area contributed by atoms with E-state index in [-0.39, 0.29) is 12.5 Å². The van der Waals surface area contributed by atoms with E-state index in [1.165, 1.54) is 12.2 Å². The molecule has 0 aromatic rings. The normalized spacial score (nSPS) is 25.9. The van der Waals surface area contributed by atoms with Gasteiger partial charge in [0, 0.05) is 12.8 Å². The first-order chi connectivity index (χ1) is 12.4. The van der Waals surface area contributed by atoms with Gasteiger partial charge in [-0.3, -0.25) is 4.79 Å². The van der Waals surface area contributed by atoms with Gasteiger partial charge in [-0.1, -0.05) is 50.5 Å². The zero-order chi connectivity index (χ0) is 19.4. The molecule has 5 atom stereocenters. The molecule has 6 nitrogen and oxygen atoms in total. The van der Waals surface area contributed by atoms with Crippen LogP contribution in [0.3, 0.4) is 0 Å². The molecule has 0 spiro atoms. The van der Waals surface area contributed by atoms with Crippen molar-refractivity contribution >= 4 is 5.97 Å². The SMILES string of the molecule is CCCCC[C@@H]1O[C@@H]([C@@H](O)/C=C\[C@H](O)C/C=C\CCCC(=O)O)C[C@@H]1O. The number of aliphatic hydroxyl groups excluding tert-OH is 3. The fraction of sp³-hybridized carbons (Fsp3) is 0.750. The van der Waals surface area contributed by atoms with Gasteiger partial charge in [0.1, 0.15) is 0 Å². The highest BCUT2D eigenvalue weighted by Gasteiger charge is 2.36. The van der Waals surface area contributed by atoms with Gasteiger partial charge in [0.25, 0.3) is 0 Å². The Hall–Kier alpha value is -1.21. The highest BCUT2D eigenvalue weighted by atomic mass is 16.5. The summed E-state index contributed by atoms with van der Waals surface area (Å²) in [5.41, 5.74) is 0. The molecule has 1 heterocycles. The molecule has 0 amide bonds. The molecule has 0 radical (unpaired) electrons. The van der Waals surface area contributed by atoms with E-state index in [0.29, 0.717) is 25.7 Å². The fourth-order valence-electron chi connectivity index (χ4n) is 3.01. The summed E-state index contributed by atoms with van der Waals surface area (Å²) in [6.07, 6.45) is 10.2. The molecular weight excluding hydrogens is 336 g/mol. The number of rotatable bonds is 13. The average molecular weight is 370 g/mol. The Morgan fingerprint density at radius 1 is 1.19 bits per heavy atom. The van der Waals surface area contributed by atoms with Crippen LogP contribution in [0.15, 0.2) is 24.3 Å². The lowest BCUT2D eigenvalue weighted by Gasteiger charge is -2.17. The highest BCUT2D eigenvalue weighted by Crippen LogP contribution is 2.27. The third-order valence-corrected chi connectivity index (χ3v) is 4.56. The first-order valence-corrected chi connectivity index (χ1v) is 9.68. The number of allylic oxidation sites excluding steroid dienone is 1. The second-order valence-electron chi connectivity index (χ2n) is 6.95. The van der Waals surface area contributed by atoms with Crippen molar-refractivity contribution in [1.82, 2.24) is 0 Å². The van der Waals surface area contributed by atoms with Gasteiger partial charge in [0.05, 0.1) is 30.5 Å². The molecule has 1 saturated heterocycles. The molecular formula is C20H34O6. The first kappa shape index (κ1) is 22.8. The van der Waals surface area contributed by atoms with Gasteiger partial charge >= 0.3 is 5.97 Å². The van der Waals surface area contributed by atoms with E-state index in [2.05, 4.69) is 6.92 Å². The summed E-state index contributed by atoms with van der Waals surface area (Å²) in [5, 5.41) is 38.7. The number of aliphatic carboxylic acids is 1. The molecule has 150 valence electrons. The summed E-state index contributed by atoms with van der Waals surface area (Å²) in [7, 11) is 0. The number of ether oxygens (including phenoxy) is 1. The molecule has 1 fully saturated rings. The molecule has 1 rings (SSSR count). The van der Waals surface area contributed by atoms with Crippen LogP contribution >= 0.6 is 0 Å². The van der Waals surface area contributed by atoms with Crippen molar-refractivity contribution in [2.75, 3.05) is 0 Å². The topological polar surface area (TPSA) is 107 Å². The van der Waals surface area contributed by atoms with Gasteiger partial charge in [-0.25, -0.2) is 0 Å². The van der Waals surface area contributed by atoms with Crippen molar-refractivity contribution in [2.45, 2.75) is 95.2 Å². The Morgan fingerprint density at radius 2 is 1.96 bits per heavy atom. The zero-order valence-corrected chi connectivity index (χ0v) is 15.7. The lowest BCUT2D eigenvalue weighted by Crippen LogP contribution is -2.25. The molecule has 1 aliphatic heterocycles. The van der Waals surface area contributed by atoms with Crippen molar-refractivity contribution in [1.29, 1.82) is 0 Å². The summed E-state index contributed by atoms with van der Waals surface area (Å²) >= 11 is 0. The molecule has 26 heavy (non-hydrogen) atoms. The van der Waals surface area contributed by atoms with E-state index < -0.39 is 30.4 Å². The standard InChI is InChI=1S/C20H34O6/c1-2-3-6-10-18-17(23)14-19(26-18)16(22)13-12-15(21)9-7-4-5-8-11-20(24)25/h4,7,12-13,15-19,21-23H,2-3,5-6,8-11,14H2,1H3,(H,24,25)/b7-4-,13-12-/t15-,16+,17+,18+,19-/m1/s1. The first-order valence-electron chi connectivity index (χ1n) is 9.68. The summed E-state index contributed by atoms with van der Waals surface area (Å²) in [6, 6.07) is 0. The molecule has 0 aromatic heterocycles. The van der Waals surface area contributed by atoms with Crippen molar-refractivity contribution in [2.24, 2.45) is 0 Å². The molecule has 0 aliphatic carbocycles. The monoisotopic (exact) mass is 370 g/mol. The van der Waals surface area contributed by atoms with Gasteiger partial charge in [-0.2, -0.15) is 0 Å². The molecule has 0 bridgehead atoms. The maximum atomic E-state index is 10.4. The Balaban J connectivity index is 2.27. The Labute approximate surface area is 156 Å². The second kappa shape index (κ2) is 13.0. The van der Waals surface area contributed by atoms with Crippen LogP contribution < -0.4 is 0 Å². The van der Waals surface area contributed by atoms with Gasteiger partial charge < -0.3 is 25.2 Å². The summed E-state index contributed by atoms with van der Waals surface area (Å²) in [6.45, 7) is 2.12. The number of carboxylic acid groups (broad SMARTS) is 1. The summed E-state index contributed by atoms with van der Waals surface area (Å²) in [5.74, 6) is -0.804. The number of carboxylic acids is 1.